The van der Waals surface area contributed by atoms with Gasteiger partial charge in [-0.05, 0) is 24.6 Å². The average Bonchev–Trinajstić information content (AvgIpc) is 2.20. The average molecular weight is 285 g/mol. The molecular weight excluding hydrogens is 272 g/mol. The molecule has 2 amide bonds. The van der Waals surface area contributed by atoms with E-state index >= 15 is 0 Å². The van der Waals surface area contributed by atoms with Gasteiger partial charge in [-0.1, -0.05) is 22.0 Å². The van der Waals surface area contributed by atoms with Crippen LogP contribution >= 0.6 is 15.9 Å². The lowest BCUT2D eigenvalue weighted by Gasteiger charge is -2.15. The Morgan fingerprint density at radius 2 is 2.06 bits per heavy atom. The van der Waals surface area contributed by atoms with Crippen molar-refractivity contribution in [3.63, 3.8) is 0 Å². The fraction of sp³-hybridized carbons (Fsp3) is 0.273. The highest BCUT2D eigenvalue weighted by atomic mass is 79.9. The monoisotopic (exact) mass is 284 g/mol. The summed E-state index contributed by atoms with van der Waals surface area (Å²) >= 11 is 3.35. The normalized spacial score (nSPS) is 9.94. The summed E-state index contributed by atoms with van der Waals surface area (Å²) in [5.74, 6) is -0.749. The minimum Gasteiger partial charge on any atom is -0.368 e. The minimum atomic E-state index is -0.526. The Kier molecular flexibility index (Phi) is 4.06. The molecule has 0 fully saturated rings. The minimum absolute atomic E-state index is 0.0790. The maximum atomic E-state index is 11.8. The highest BCUT2D eigenvalue weighted by Crippen LogP contribution is 2.18. The Balaban J connectivity index is 2.88. The summed E-state index contributed by atoms with van der Waals surface area (Å²) in [6, 6.07) is 5.30. The van der Waals surface area contributed by atoms with Crippen LogP contribution in [0.5, 0.6) is 0 Å². The smallest absolute Gasteiger partial charge is 0.254 e. The molecule has 0 aliphatic heterocycles. The molecule has 86 valence electrons. The second kappa shape index (κ2) is 5.12. The van der Waals surface area contributed by atoms with Crippen molar-refractivity contribution in [3.05, 3.63) is 33.8 Å². The number of nitrogens with two attached hydrogens (primary N) is 1. The zero-order valence-corrected chi connectivity index (χ0v) is 10.7. The lowest BCUT2D eigenvalue weighted by atomic mass is 10.1. The van der Waals surface area contributed by atoms with Crippen LogP contribution in [0.25, 0.3) is 0 Å². The van der Waals surface area contributed by atoms with E-state index in [1.54, 1.807) is 19.2 Å². The van der Waals surface area contributed by atoms with E-state index in [0.29, 0.717) is 5.56 Å². The van der Waals surface area contributed by atoms with E-state index in [4.69, 9.17) is 5.73 Å². The predicted molar refractivity (Wildman–Crippen MR) is 65.0 cm³/mol. The lowest BCUT2D eigenvalue weighted by molar-refractivity contribution is -0.118. The molecule has 0 radical (unpaired) electrons. The highest BCUT2D eigenvalue weighted by Gasteiger charge is 2.13. The SMILES string of the molecule is Cc1ccc(C(=O)N(C)CC(N)=O)cc1Br. The Labute approximate surface area is 103 Å². The molecule has 0 saturated carbocycles. The standard InChI is InChI=1S/C11H13BrN2O2/c1-7-3-4-8(5-9(7)12)11(16)14(2)6-10(13)15/h3-5H,6H2,1-2H3,(H2,13,15). The number of hydrogen-bond acceptors (Lipinski definition) is 2. The van der Waals surface area contributed by atoms with Crippen LogP contribution in [0, 0.1) is 6.92 Å². The molecule has 0 aliphatic carbocycles. The molecule has 2 N–H and O–H groups in total. The van der Waals surface area contributed by atoms with E-state index in [0.717, 1.165) is 10.0 Å². The summed E-state index contributed by atoms with van der Waals surface area (Å²) in [4.78, 5) is 23.8. The largest absolute Gasteiger partial charge is 0.368 e. The Morgan fingerprint density at radius 3 is 2.56 bits per heavy atom. The molecule has 0 bridgehead atoms. The number of halogens is 1. The van der Waals surface area contributed by atoms with Crippen molar-refractivity contribution in [3.8, 4) is 0 Å². The third-order valence-electron chi connectivity index (χ3n) is 2.16. The van der Waals surface area contributed by atoms with Crippen LogP contribution < -0.4 is 5.73 Å². The van der Waals surface area contributed by atoms with Crippen LogP contribution in [-0.2, 0) is 4.79 Å². The van der Waals surface area contributed by atoms with Crippen molar-refractivity contribution in [2.24, 2.45) is 5.73 Å². The molecule has 0 atom stereocenters. The van der Waals surface area contributed by atoms with Crippen molar-refractivity contribution in [2.45, 2.75) is 6.92 Å². The van der Waals surface area contributed by atoms with E-state index in [-0.39, 0.29) is 12.5 Å². The molecule has 0 spiro atoms. The molecule has 1 aromatic carbocycles. The van der Waals surface area contributed by atoms with E-state index in [2.05, 4.69) is 15.9 Å². The van der Waals surface area contributed by atoms with Crippen LogP contribution in [0.15, 0.2) is 22.7 Å². The van der Waals surface area contributed by atoms with E-state index in [1.807, 2.05) is 13.0 Å². The Bertz CT molecular complexity index is 432. The fourth-order valence-electron chi connectivity index (χ4n) is 1.25. The number of aryl methyl sites for hydroxylation is 1. The molecule has 0 aromatic heterocycles. The molecular formula is C11H13BrN2O2. The molecule has 4 nitrogen and oxygen atoms in total. The number of rotatable bonds is 3. The molecule has 1 rings (SSSR count). The van der Waals surface area contributed by atoms with Gasteiger partial charge in [0.15, 0.2) is 0 Å². The zero-order valence-electron chi connectivity index (χ0n) is 9.16. The van der Waals surface area contributed by atoms with Crippen LogP contribution in [0.4, 0.5) is 0 Å². The highest BCUT2D eigenvalue weighted by molar-refractivity contribution is 9.10. The quantitative estimate of drug-likeness (QED) is 0.910. The first kappa shape index (κ1) is 12.7. The van der Waals surface area contributed by atoms with E-state index < -0.39 is 5.91 Å². The topological polar surface area (TPSA) is 63.4 Å². The number of primary amides is 1. The fourth-order valence-corrected chi connectivity index (χ4v) is 1.63. The summed E-state index contributed by atoms with van der Waals surface area (Å²) in [6.45, 7) is 1.86. The van der Waals surface area contributed by atoms with E-state index in [1.165, 1.54) is 4.90 Å². The number of benzene rings is 1. The van der Waals surface area contributed by atoms with Gasteiger partial charge >= 0.3 is 0 Å². The number of likely N-dealkylation sites (N-methyl/N-ethyl adjacent to an activating group) is 1. The summed E-state index contributed by atoms with van der Waals surface area (Å²) in [5.41, 5.74) is 6.60. The summed E-state index contributed by atoms with van der Waals surface area (Å²) in [5, 5.41) is 0. The molecule has 16 heavy (non-hydrogen) atoms. The van der Waals surface area contributed by atoms with Gasteiger partial charge in [0.1, 0.15) is 0 Å². The molecule has 0 saturated heterocycles. The predicted octanol–water partition coefficient (Wildman–Crippen LogP) is 1.31. The molecule has 0 heterocycles. The molecule has 0 unspecified atom stereocenters. The number of carbonyl (C=O) groups excluding carboxylic acids is 2. The van der Waals surface area contributed by atoms with Gasteiger partial charge in [-0.2, -0.15) is 0 Å². The zero-order chi connectivity index (χ0) is 12.3. The summed E-state index contributed by atoms with van der Waals surface area (Å²) < 4.78 is 0.867. The first-order valence-electron chi connectivity index (χ1n) is 4.71. The third kappa shape index (κ3) is 3.06. The number of carbonyl (C=O) groups is 2. The summed E-state index contributed by atoms with van der Waals surface area (Å²) in [6.07, 6.45) is 0. The van der Waals surface area contributed by atoms with Gasteiger partial charge in [-0.15, -0.1) is 0 Å². The third-order valence-corrected chi connectivity index (χ3v) is 3.01. The van der Waals surface area contributed by atoms with Gasteiger partial charge in [-0.3, -0.25) is 9.59 Å². The van der Waals surface area contributed by atoms with Crippen LogP contribution in [0.2, 0.25) is 0 Å². The Morgan fingerprint density at radius 1 is 1.44 bits per heavy atom. The molecule has 0 aliphatic rings. The van der Waals surface area contributed by atoms with Crippen molar-refractivity contribution >= 4 is 27.7 Å². The van der Waals surface area contributed by atoms with Gasteiger partial charge in [-0.25, -0.2) is 0 Å². The number of amides is 2. The summed E-state index contributed by atoms with van der Waals surface area (Å²) in [7, 11) is 1.54. The van der Waals surface area contributed by atoms with E-state index in [9.17, 15) is 9.59 Å². The van der Waals surface area contributed by atoms with Gasteiger partial charge in [0.2, 0.25) is 5.91 Å². The van der Waals surface area contributed by atoms with Crippen LogP contribution in [0.1, 0.15) is 15.9 Å². The first-order valence-corrected chi connectivity index (χ1v) is 5.51. The maximum Gasteiger partial charge on any atom is 0.254 e. The van der Waals surface area contributed by atoms with Gasteiger partial charge < -0.3 is 10.6 Å². The van der Waals surface area contributed by atoms with Crippen LogP contribution in [0.3, 0.4) is 0 Å². The van der Waals surface area contributed by atoms with Gasteiger partial charge in [0.05, 0.1) is 6.54 Å². The number of nitrogens with zero attached hydrogens (tertiary/aromatic N) is 1. The first-order chi connectivity index (χ1) is 7.41. The number of hydrogen-bond donors (Lipinski definition) is 1. The maximum absolute atomic E-state index is 11.8. The Hall–Kier alpha value is -1.36. The molecule has 5 heteroatoms. The van der Waals surface area contributed by atoms with Crippen molar-refractivity contribution in [1.82, 2.24) is 4.90 Å². The lowest BCUT2D eigenvalue weighted by Crippen LogP contribution is -2.35. The van der Waals surface area contributed by atoms with Gasteiger partial charge in [0.25, 0.3) is 5.91 Å². The van der Waals surface area contributed by atoms with Crippen molar-refractivity contribution in [1.29, 1.82) is 0 Å². The second-order valence-electron chi connectivity index (χ2n) is 3.59. The molecule has 1 aromatic rings. The van der Waals surface area contributed by atoms with Crippen LogP contribution in [-0.4, -0.2) is 30.3 Å². The van der Waals surface area contributed by atoms with Gasteiger partial charge in [0, 0.05) is 17.1 Å². The van der Waals surface area contributed by atoms with Crippen molar-refractivity contribution in [2.75, 3.05) is 13.6 Å². The second-order valence-corrected chi connectivity index (χ2v) is 4.45. The van der Waals surface area contributed by atoms with Crippen molar-refractivity contribution < 1.29 is 9.59 Å².